The van der Waals surface area contributed by atoms with Crippen LogP contribution < -0.4 is 10.1 Å². The van der Waals surface area contributed by atoms with Gasteiger partial charge in [0.15, 0.2) is 17.3 Å². The van der Waals surface area contributed by atoms with Gasteiger partial charge in [0, 0.05) is 16.8 Å². The molecule has 7 heteroatoms. The van der Waals surface area contributed by atoms with E-state index in [9.17, 15) is 9.90 Å². The van der Waals surface area contributed by atoms with E-state index in [1.54, 1.807) is 18.2 Å². The third kappa shape index (κ3) is 1.82. The standard InChI is InChI=1S/C16H15N3O4/c1-7-11-12(8-4-3-5-10(22-2)14(8)20)13-9(6-23-16(13)21)17-15(11)19-18-7/h3-5,12,20H,6H2,1-2H3,(H2,17,18,19)/t12-/m0/s1. The molecule has 0 saturated carbocycles. The molecule has 1 aromatic heterocycles. The zero-order valence-electron chi connectivity index (χ0n) is 12.6. The Hall–Kier alpha value is -2.96. The number of rotatable bonds is 2. The molecule has 4 rings (SSSR count). The summed E-state index contributed by atoms with van der Waals surface area (Å²) in [7, 11) is 1.49. The molecule has 0 amide bonds. The van der Waals surface area contributed by atoms with Gasteiger partial charge in [-0.1, -0.05) is 12.1 Å². The normalized spacial score (nSPS) is 19.0. The van der Waals surface area contributed by atoms with Crippen molar-refractivity contribution >= 4 is 11.8 Å². The molecule has 7 nitrogen and oxygen atoms in total. The number of esters is 1. The van der Waals surface area contributed by atoms with Crippen molar-refractivity contribution in [3.8, 4) is 11.5 Å². The Morgan fingerprint density at radius 3 is 3.04 bits per heavy atom. The summed E-state index contributed by atoms with van der Waals surface area (Å²) in [5.74, 6) is 0.181. The number of carbonyl (C=O) groups excluding carboxylic acids is 1. The molecule has 118 valence electrons. The minimum absolute atomic E-state index is 0.0139. The van der Waals surface area contributed by atoms with Crippen molar-refractivity contribution in [1.82, 2.24) is 10.2 Å². The highest BCUT2D eigenvalue weighted by Crippen LogP contribution is 2.48. The van der Waals surface area contributed by atoms with Crippen molar-refractivity contribution in [2.45, 2.75) is 12.8 Å². The number of benzene rings is 1. The molecule has 0 radical (unpaired) electrons. The third-order valence-corrected chi connectivity index (χ3v) is 4.29. The fourth-order valence-electron chi connectivity index (χ4n) is 3.23. The molecule has 3 heterocycles. The summed E-state index contributed by atoms with van der Waals surface area (Å²) in [6.45, 7) is 2.06. The lowest BCUT2D eigenvalue weighted by Crippen LogP contribution is -2.20. The number of cyclic esters (lactones) is 1. The molecular weight excluding hydrogens is 298 g/mol. The van der Waals surface area contributed by atoms with Crippen LogP contribution >= 0.6 is 0 Å². The topological polar surface area (TPSA) is 96.5 Å². The first-order chi connectivity index (χ1) is 11.1. The number of anilines is 1. The van der Waals surface area contributed by atoms with Crippen LogP contribution in [0.15, 0.2) is 29.5 Å². The number of H-pyrrole nitrogens is 1. The van der Waals surface area contributed by atoms with Crippen LogP contribution in [0.4, 0.5) is 5.82 Å². The molecule has 2 aromatic rings. The number of aryl methyl sites for hydroxylation is 1. The molecular formula is C16H15N3O4. The molecule has 0 fully saturated rings. The average molecular weight is 313 g/mol. The number of nitrogens with one attached hydrogen (secondary N) is 2. The van der Waals surface area contributed by atoms with E-state index in [4.69, 9.17) is 9.47 Å². The number of methoxy groups -OCH3 is 1. The lowest BCUT2D eigenvalue weighted by Gasteiger charge is -2.25. The summed E-state index contributed by atoms with van der Waals surface area (Å²) in [5.41, 5.74) is 3.42. The van der Waals surface area contributed by atoms with Crippen LogP contribution in [0.5, 0.6) is 11.5 Å². The minimum atomic E-state index is -0.454. The zero-order chi connectivity index (χ0) is 16.1. The monoisotopic (exact) mass is 313 g/mol. The summed E-state index contributed by atoms with van der Waals surface area (Å²) in [6, 6.07) is 5.23. The fraction of sp³-hybridized carbons (Fsp3) is 0.250. The summed E-state index contributed by atoms with van der Waals surface area (Å²) in [4.78, 5) is 12.2. The van der Waals surface area contributed by atoms with Gasteiger partial charge in [0.2, 0.25) is 0 Å². The number of aromatic amines is 1. The van der Waals surface area contributed by atoms with Crippen molar-refractivity contribution in [3.05, 3.63) is 46.3 Å². The van der Waals surface area contributed by atoms with Crippen molar-refractivity contribution in [2.24, 2.45) is 0 Å². The molecule has 0 unspecified atom stereocenters. The largest absolute Gasteiger partial charge is 0.504 e. The van der Waals surface area contributed by atoms with E-state index in [1.807, 2.05) is 6.92 Å². The van der Waals surface area contributed by atoms with Crippen LogP contribution in [0.1, 0.15) is 22.7 Å². The smallest absolute Gasteiger partial charge is 0.337 e. The van der Waals surface area contributed by atoms with Gasteiger partial charge in [-0.3, -0.25) is 5.10 Å². The number of nitrogens with zero attached hydrogens (tertiary/aromatic N) is 1. The van der Waals surface area contributed by atoms with E-state index in [0.29, 0.717) is 28.4 Å². The Kier molecular flexibility index (Phi) is 2.84. The Balaban J connectivity index is 1.98. The van der Waals surface area contributed by atoms with E-state index < -0.39 is 5.92 Å². The first-order valence-corrected chi connectivity index (χ1v) is 7.19. The second-order valence-corrected chi connectivity index (χ2v) is 5.54. The minimum Gasteiger partial charge on any atom is -0.504 e. The van der Waals surface area contributed by atoms with Crippen molar-refractivity contribution in [2.75, 3.05) is 19.0 Å². The van der Waals surface area contributed by atoms with E-state index in [2.05, 4.69) is 15.5 Å². The maximum absolute atomic E-state index is 12.2. The van der Waals surface area contributed by atoms with Crippen LogP contribution in [-0.2, 0) is 9.53 Å². The summed E-state index contributed by atoms with van der Waals surface area (Å²) < 4.78 is 10.4. The highest BCUT2D eigenvalue weighted by atomic mass is 16.5. The second kappa shape index (κ2) is 4.77. The first kappa shape index (κ1) is 13.7. The van der Waals surface area contributed by atoms with Gasteiger partial charge in [-0.15, -0.1) is 0 Å². The molecule has 1 aromatic carbocycles. The lowest BCUT2D eigenvalue weighted by atomic mass is 9.81. The molecule has 1 atom stereocenters. The number of aromatic nitrogens is 2. The molecule has 2 aliphatic heterocycles. The number of para-hydroxylation sites is 1. The van der Waals surface area contributed by atoms with E-state index in [0.717, 1.165) is 11.3 Å². The predicted octanol–water partition coefficient (Wildman–Crippen LogP) is 1.80. The second-order valence-electron chi connectivity index (χ2n) is 5.54. The van der Waals surface area contributed by atoms with Crippen molar-refractivity contribution in [3.63, 3.8) is 0 Å². The summed E-state index contributed by atoms with van der Waals surface area (Å²) >= 11 is 0. The predicted molar refractivity (Wildman–Crippen MR) is 81.4 cm³/mol. The highest BCUT2D eigenvalue weighted by molar-refractivity contribution is 5.97. The molecule has 2 aliphatic rings. The van der Waals surface area contributed by atoms with Gasteiger partial charge in [-0.05, 0) is 13.0 Å². The van der Waals surface area contributed by atoms with Crippen LogP contribution in [0.25, 0.3) is 0 Å². The van der Waals surface area contributed by atoms with Crippen molar-refractivity contribution in [1.29, 1.82) is 0 Å². The van der Waals surface area contributed by atoms with Gasteiger partial charge >= 0.3 is 5.97 Å². The van der Waals surface area contributed by atoms with Crippen molar-refractivity contribution < 1.29 is 19.4 Å². The van der Waals surface area contributed by atoms with E-state index >= 15 is 0 Å². The highest BCUT2D eigenvalue weighted by Gasteiger charge is 2.41. The first-order valence-electron chi connectivity index (χ1n) is 7.19. The number of aromatic hydroxyl groups is 1. The number of phenolic OH excluding ortho intramolecular Hbond substituents is 1. The number of fused-ring (bicyclic) bond motifs is 1. The van der Waals surface area contributed by atoms with Crippen LogP contribution in [0.2, 0.25) is 0 Å². The maximum Gasteiger partial charge on any atom is 0.337 e. The van der Waals surface area contributed by atoms with Crippen LogP contribution in [0, 0.1) is 6.92 Å². The number of phenols is 1. The Morgan fingerprint density at radius 1 is 1.43 bits per heavy atom. The van der Waals surface area contributed by atoms with E-state index in [-0.39, 0.29) is 18.3 Å². The molecule has 3 N–H and O–H groups in total. The van der Waals surface area contributed by atoms with Gasteiger partial charge in [0.25, 0.3) is 0 Å². The van der Waals surface area contributed by atoms with E-state index in [1.165, 1.54) is 7.11 Å². The van der Waals surface area contributed by atoms with Gasteiger partial charge in [0.05, 0.1) is 24.3 Å². The molecule has 0 saturated heterocycles. The SMILES string of the molecule is COc1cccc([C@@H]2C3=C(COC3=O)Nc3n[nH]c(C)c32)c1O. The maximum atomic E-state index is 12.2. The Labute approximate surface area is 131 Å². The Morgan fingerprint density at radius 2 is 2.26 bits per heavy atom. The molecule has 0 aliphatic carbocycles. The van der Waals surface area contributed by atoms with Gasteiger partial charge in [0.1, 0.15) is 6.61 Å². The van der Waals surface area contributed by atoms with Gasteiger partial charge in [-0.2, -0.15) is 5.10 Å². The quantitative estimate of drug-likeness (QED) is 0.732. The average Bonchev–Trinajstić information content (AvgIpc) is 3.10. The number of hydrogen-bond donors (Lipinski definition) is 3. The summed E-state index contributed by atoms with van der Waals surface area (Å²) in [6.07, 6.45) is 0. The number of hydrogen-bond acceptors (Lipinski definition) is 6. The van der Waals surface area contributed by atoms with Gasteiger partial charge < -0.3 is 19.9 Å². The number of carbonyl (C=O) groups is 1. The lowest BCUT2D eigenvalue weighted by molar-refractivity contribution is -0.136. The summed E-state index contributed by atoms with van der Waals surface area (Å²) in [5, 5.41) is 20.9. The molecule has 0 bridgehead atoms. The zero-order valence-corrected chi connectivity index (χ0v) is 12.6. The molecule has 0 spiro atoms. The van der Waals surface area contributed by atoms with Crippen LogP contribution in [0.3, 0.4) is 0 Å². The Bertz CT molecular complexity index is 853. The van der Waals surface area contributed by atoms with Crippen LogP contribution in [-0.4, -0.2) is 35.0 Å². The third-order valence-electron chi connectivity index (χ3n) is 4.29. The number of ether oxygens (including phenoxy) is 2. The van der Waals surface area contributed by atoms with Gasteiger partial charge in [-0.25, -0.2) is 4.79 Å². The molecule has 23 heavy (non-hydrogen) atoms. The fourth-order valence-corrected chi connectivity index (χ4v) is 3.23.